The number of rotatable bonds is 9. The van der Waals surface area contributed by atoms with Crippen LogP contribution in [0.3, 0.4) is 0 Å². The van der Waals surface area contributed by atoms with Crippen LogP contribution in [0.5, 0.6) is 5.75 Å². The second-order valence-corrected chi connectivity index (χ2v) is 10.0. The monoisotopic (exact) mass is 498 g/mol. The summed E-state index contributed by atoms with van der Waals surface area (Å²) >= 11 is 0. The highest BCUT2D eigenvalue weighted by atomic mass is 32.2. The lowest BCUT2D eigenvalue weighted by Crippen LogP contribution is -2.33. The Labute approximate surface area is 204 Å². The van der Waals surface area contributed by atoms with Crippen molar-refractivity contribution in [2.45, 2.75) is 32.2 Å². The fourth-order valence-corrected chi connectivity index (χ4v) is 4.39. The lowest BCUT2D eigenvalue weighted by atomic mass is 10.1. The highest BCUT2D eigenvalue weighted by Gasteiger charge is 2.20. The summed E-state index contributed by atoms with van der Waals surface area (Å²) in [5, 5.41) is 2.57. The number of nitrogens with zero attached hydrogens (tertiary/aromatic N) is 1. The van der Waals surface area contributed by atoms with E-state index in [1.54, 1.807) is 29.2 Å². The van der Waals surface area contributed by atoms with Gasteiger partial charge in [0.2, 0.25) is 5.91 Å². The van der Waals surface area contributed by atoms with E-state index in [4.69, 9.17) is 4.18 Å². The van der Waals surface area contributed by atoms with Crippen molar-refractivity contribution in [1.29, 1.82) is 0 Å². The van der Waals surface area contributed by atoms with Gasteiger partial charge in [-0.15, -0.1) is 0 Å². The first-order valence-corrected chi connectivity index (χ1v) is 12.4. The molecule has 3 rings (SSSR count). The zero-order valence-corrected chi connectivity index (χ0v) is 20.5. The van der Waals surface area contributed by atoms with Crippen molar-refractivity contribution >= 4 is 27.6 Å². The van der Waals surface area contributed by atoms with Gasteiger partial charge in [0, 0.05) is 31.3 Å². The maximum Gasteiger partial charge on any atom is 0.339 e. The molecule has 0 aliphatic carbocycles. The Kier molecular flexibility index (Phi) is 8.24. The first kappa shape index (κ1) is 25.9. The molecule has 3 aromatic rings. The minimum Gasteiger partial charge on any atom is -0.379 e. The third-order valence-corrected chi connectivity index (χ3v) is 6.15. The van der Waals surface area contributed by atoms with Crippen molar-refractivity contribution in [3.63, 3.8) is 0 Å². The van der Waals surface area contributed by atoms with Crippen molar-refractivity contribution in [2.75, 3.05) is 11.9 Å². The quantitative estimate of drug-likeness (QED) is 0.426. The fraction of sp³-hybridized carbons (Fsp3) is 0.231. The van der Waals surface area contributed by atoms with Gasteiger partial charge in [-0.2, -0.15) is 8.42 Å². The van der Waals surface area contributed by atoms with E-state index in [1.165, 1.54) is 55.5 Å². The molecule has 0 atom stereocenters. The minimum absolute atomic E-state index is 0.0697. The lowest BCUT2D eigenvalue weighted by Gasteiger charge is -2.25. The van der Waals surface area contributed by atoms with E-state index in [0.717, 1.165) is 0 Å². The van der Waals surface area contributed by atoms with Gasteiger partial charge in [-0.05, 0) is 66.1 Å². The minimum atomic E-state index is -4.12. The average Bonchev–Trinajstić information content (AvgIpc) is 2.78. The molecule has 0 bridgehead atoms. The van der Waals surface area contributed by atoms with Gasteiger partial charge >= 0.3 is 10.1 Å². The van der Waals surface area contributed by atoms with Crippen LogP contribution in [-0.2, 0) is 21.5 Å². The van der Waals surface area contributed by atoms with Crippen LogP contribution in [0.15, 0.2) is 77.7 Å². The first-order chi connectivity index (χ1) is 16.5. The Bertz CT molecular complexity index is 1310. The number of carbonyl (C=O) groups excluding carboxylic acids is 2. The topological polar surface area (TPSA) is 92.8 Å². The molecule has 0 aromatic heterocycles. The smallest absolute Gasteiger partial charge is 0.339 e. The zero-order chi connectivity index (χ0) is 25.6. The largest absolute Gasteiger partial charge is 0.379 e. The van der Waals surface area contributed by atoms with Crippen molar-refractivity contribution < 1.29 is 26.6 Å². The normalized spacial score (nSPS) is 11.2. The van der Waals surface area contributed by atoms with E-state index in [-0.39, 0.29) is 40.5 Å². The maximum absolute atomic E-state index is 13.6. The van der Waals surface area contributed by atoms with Crippen molar-refractivity contribution in [2.24, 2.45) is 5.92 Å². The van der Waals surface area contributed by atoms with Gasteiger partial charge < -0.3 is 14.4 Å². The summed E-state index contributed by atoms with van der Waals surface area (Å²) in [6.07, 6.45) is 0. The van der Waals surface area contributed by atoms with Crippen LogP contribution < -0.4 is 9.50 Å². The first-order valence-electron chi connectivity index (χ1n) is 11.0. The van der Waals surface area contributed by atoms with Crippen LogP contribution in [0.2, 0.25) is 0 Å². The molecular formula is C26H27FN2O5S. The molecular weight excluding hydrogens is 471 g/mol. The number of benzene rings is 3. The number of hydrogen-bond acceptors (Lipinski definition) is 5. The maximum atomic E-state index is 13.6. The van der Waals surface area contributed by atoms with Crippen LogP contribution in [0.4, 0.5) is 10.1 Å². The Hall–Kier alpha value is -3.72. The van der Waals surface area contributed by atoms with Crippen LogP contribution in [0.25, 0.3) is 0 Å². The average molecular weight is 499 g/mol. The molecule has 35 heavy (non-hydrogen) atoms. The Balaban J connectivity index is 1.78. The number of anilines is 1. The molecule has 3 aromatic carbocycles. The van der Waals surface area contributed by atoms with Crippen molar-refractivity contribution in [3.8, 4) is 5.75 Å². The molecule has 0 fully saturated rings. The van der Waals surface area contributed by atoms with Crippen LogP contribution in [0.1, 0.15) is 36.7 Å². The second kappa shape index (κ2) is 11.1. The van der Waals surface area contributed by atoms with E-state index in [0.29, 0.717) is 17.8 Å². The van der Waals surface area contributed by atoms with Crippen molar-refractivity contribution in [3.05, 3.63) is 89.7 Å². The molecule has 0 saturated heterocycles. The highest BCUT2D eigenvalue weighted by molar-refractivity contribution is 7.87. The van der Waals surface area contributed by atoms with Gasteiger partial charge in [-0.1, -0.05) is 32.0 Å². The molecule has 0 heterocycles. The number of carbonyl (C=O) groups is 2. The van der Waals surface area contributed by atoms with Gasteiger partial charge in [-0.3, -0.25) is 9.59 Å². The van der Waals surface area contributed by atoms with Gasteiger partial charge in [0.25, 0.3) is 5.91 Å². The Morgan fingerprint density at radius 3 is 2.31 bits per heavy atom. The summed E-state index contributed by atoms with van der Waals surface area (Å²) in [6, 6.07) is 17.6. The molecule has 184 valence electrons. The van der Waals surface area contributed by atoms with Crippen molar-refractivity contribution in [1.82, 2.24) is 4.90 Å². The Morgan fingerprint density at radius 1 is 1.00 bits per heavy atom. The van der Waals surface area contributed by atoms with Gasteiger partial charge in [0.1, 0.15) is 16.5 Å². The molecule has 0 aliphatic rings. The fourth-order valence-electron chi connectivity index (χ4n) is 3.46. The van der Waals surface area contributed by atoms with Gasteiger partial charge in [0.15, 0.2) is 0 Å². The molecule has 0 spiro atoms. The van der Waals surface area contributed by atoms with Crippen LogP contribution in [-0.4, -0.2) is 31.7 Å². The third-order valence-electron chi connectivity index (χ3n) is 4.89. The molecule has 2 amide bonds. The van der Waals surface area contributed by atoms with Crippen LogP contribution in [0, 0.1) is 11.7 Å². The zero-order valence-electron chi connectivity index (χ0n) is 19.7. The molecule has 0 saturated carbocycles. The number of nitrogens with one attached hydrogen (secondary N) is 1. The third kappa shape index (κ3) is 7.38. The lowest BCUT2D eigenvalue weighted by molar-refractivity contribution is -0.114. The SMILES string of the molecule is CC(=O)Nc1ccc(S(=O)(=O)Oc2cccc(CN(CC(C)C)C(=O)c3cccc(F)c3)c2)cc1. The summed E-state index contributed by atoms with van der Waals surface area (Å²) in [5.41, 5.74) is 1.36. The molecule has 0 unspecified atom stereocenters. The van der Waals surface area contributed by atoms with E-state index in [9.17, 15) is 22.4 Å². The van der Waals surface area contributed by atoms with E-state index < -0.39 is 15.9 Å². The standard InChI is InChI=1S/C26H27FN2O5S/c1-18(2)16-29(26(31)21-7-5-8-22(27)15-21)17-20-6-4-9-24(14-20)34-35(32,33)25-12-10-23(11-13-25)28-19(3)30/h4-15,18H,16-17H2,1-3H3,(H,28,30). The molecule has 7 nitrogen and oxygen atoms in total. The summed E-state index contributed by atoms with van der Waals surface area (Å²) in [5.74, 6) is -0.831. The number of amides is 2. The van der Waals surface area contributed by atoms with E-state index in [1.807, 2.05) is 13.8 Å². The molecule has 9 heteroatoms. The summed E-state index contributed by atoms with van der Waals surface area (Å²) < 4.78 is 44.4. The summed E-state index contributed by atoms with van der Waals surface area (Å²) in [7, 11) is -4.12. The molecule has 0 radical (unpaired) electrons. The van der Waals surface area contributed by atoms with Gasteiger partial charge in [-0.25, -0.2) is 4.39 Å². The van der Waals surface area contributed by atoms with Crippen LogP contribution >= 0.6 is 0 Å². The second-order valence-electron chi connectivity index (χ2n) is 8.48. The number of hydrogen-bond donors (Lipinski definition) is 1. The van der Waals surface area contributed by atoms with Gasteiger partial charge in [0.05, 0.1) is 0 Å². The van der Waals surface area contributed by atoms with E-state index in [2.05, 4.69) is 5.32 Å². The molecule has 1 N–H and O–H groups in total. The summed E-state index contributed by atoms with van der Waals surface area (Å²) in [6.45, 7) is 5.91. The highest BCUT2D eigenvalue weighted by Crippen LogP contribution is 2.23. The van der Waals surface area contributed by atoms with E-state index >= 15 is 0 Å². The Morgan fingerprint density at radius 2 is 1.69 bits per heavy atom. The summed E-state index contributed by atoms with van der Waals surface area (Å²) in [4.78, 5) is 25.7. The molecule has 0 aliphatic heterocycles. The predicted molar refractivity (Wildman–Crippen MR) is 131 cm³/mol. The number of halogens is 1. The predicted octanol–water partition coefficient (Wildman–Crippen LogP) is 4.85.